The number of carbonyl (C=O) groups is 1. The molecule has 2 N–H and O–H groups in total. The average molecular weight is 760 g/mol. The summed E-state index contributed by atoms with van der Waals surface area (Å²) >= 11 is 0. The number of rotatable bonds is 2. The Morgan fingerprint density at radius 1 is 1.13 bits per heavy atom. The van der Waals surface area contributed by atoms with Crippen molar-refractivity contribution in [1.29, 1.82) is 0 Å². The normalized spacial score (nSPS) is 39.7. The van der Waals surface area contributed by atoms with Gasteiger partial charge in [0.05, 0.1) is 12.7 Å². The summed E-state index contributed by atoms with van der Waals surface area (Å²) in [6.07, 6.45) is -6.18. The maximum absolute atomic E-state index is 11.6. The zero-order valence-corrected chi connectivity index (χ0v) is 23.4. The molecule has 0 bridgehead atoms. The van der Waals surface area contributed by atoms with E-state index in [4.69, 9.17) is 18.9 Å². The predicted molar refractivity (Wildman–Crippen MR) is 67.9 cm³/mol. The van der Waals surface area contributed by atoms with Crippen LogP contribution in [0.3, 0.4) is 0 Å². The van der Waals surface area contributed by atoms with Crippen LogP contribution in [0.1, 0.15) is 27.7 Å². The van der Waals surface area contributed by atoms with E-state index in [9.17, 15) is 15.0 Å². The average Bonchev–Trinajstić information content (AvgIpc) is 2.67. The molecule has 128 valence electrons. The monoisotopic (exact) mass is 760 g/mol. The van der Waals surface area contributed by atoms with Crippen molar-refractivity contribution in [2.75, 3.05) is 7.11 Å². The first-order valence-electron chi connectivity index (χ1n) is 6.71. The van der Waals surface area contributed by atoms with Crippen LogP contribution in [-0.4, -0.2) is 65.6 Å². The van der Waals surface area contributed by atoms with Gasteiger partial charge in [0, 0.05) is 95.0 Å². The Kier molecular flexibility index (Phi) is 10.2. The van der Waals surface area contributed by atoms with Gasteiger partial charge in [-0.15, -0.1) is 0 Å². The SMILES string of the molecule is COC(=O)C1OC2OC(C)(OC(C)(C)C)OC2C(O)C1O.[Ac].[Ac]. The molecule has 0 aromatic rings. The maximum atomic E-state index is 11.6. The molecule has 6 atom stereocenters. The zero-order chi connectivity index (χ0) is 16.0. The van der Waals surface area contributed by atoms with Gasteiger partial charge >= 0.3 is 5.97 Å². The number of esters is 1. The van der Waals surface area contributed by atoms with Crippen molar-refractivity contribution < 1.29 is 127 Å². The van der Waals surface area contributed by atoms with Crippen LogP contribution in [-0.2, 0) is 28.5 Å². The van der Waals surface area contributed by atoms with E-state index in [1.165, 1.54) is 6.92 Å². The molecule has 0 saturated carbocycles. The van der Waals surface area contributed by atoms with E-state index in [0.717, 1.165) is 7.11 Å². The molecule has 0 aromatic heterocycles. The van der Waals surface area contributed by atoms with Crippen LogP contribution in [0.4, 0.5) is 0 Å². The van der Waals surface area contributed by atoms with Crippen LogP contribution in [0, 0.1) is 88.1 Å². The van der Waals surface area contributed by atoms with E-state index in [1.807, 2.05) is 20.8 Å². The standard InChI is InChI=1S/C13H22O8.2Ac/c1-12(2,3)21-13(4)19-9-7(15)6(14)8(10(16)17-5)18-11(9)20-13;;/h6-9,11,14-15H,1-5H3;;. The fraction of sp³-hybridized carbons (Fsp3) is 0.923. The Bertz CT molecular complexity index is 415. The Labute approximate surface area is 207 Å². The number of aliphatic hydroxyl groups is 2. The summed E-state index contributed by atoms with van der Waals surface area (Å²) in [4.78, 5) is 11.6. The zero-order valence-electron chi connectivity index (χ0n) is 13.9. The molecule has 8 nitrogen and oxygen atoms in total. The third-order valence-electron chi connectivity index (χ3n) is 3.15. The maximum Gasteiger partial charge on any atom is 0.337 e. The van der Waals surface area contributed by atoms with Gasteiger partial charge in [0.1, 0.15) is 18.3 Å². The minimum Gasteiger partial charge on any atom is -0.467 e. The molecule has 10 heteroatoms. The quantitative estimate of drug-likeness (QED) is 0.364. The Hall–Kier alpha value is 2.11. The second-order valence-electron chi connectivity index (χ2n) is 6.21. The van der Waals surface area contributed by atoms with Gasteiger partial charge in [-0.3, -0.25) is 4.74 Å². The molecule has 0 spiro atoms. The molecule has 0 aromatic carbocycles. The molecule has 2 aliphatic rings. The summed E-state index contributed by atoms with van der Waals surface area (Å²) in [6, 6.07) is 0. The van der Waals surface area contributed by atoms with Gasteiger partial charge in [0.15, 0.2) is 12.4 Å². The first-order valence-corrected chi connectivity index (χ1v) is 6.71. The van der Waals surface area contributed by atoms with Gasteiger partial charge < -0.3 is 29.2 Å². The number of hydrogen-bond acceptors (Lipinski definition) is 8. The second-order valence-corrected chi connectivity index (χ2v) is 6.21. The summed E-state index contributed by atoms with van der Waals surface area (Å²) in [5.41, 5.74) is -0.562. The third-order valence-corrected chi connectivity index (χ3v) is 3.15. The van der Waals surface area contributed by atoms with Crippen molar-refractivity contribution in [3.8, 4) is 0 Å². The molecule has 23 heavy (non-hydrogen) atoms. The van der Waals surface area contributed by atoms with Gasteiger partial charge in [-0.05, 0) is 20.8 Å². The third kappa shape index (κ3) is 6.06. The van der Waals surface area contributed by atoms with Gasteiger partial charge in [-0.2, -0.15) is 0 Å². The largest absolute Gasteiger partial charge is 0.467 e. The number of methoxy groups -OCH3 is 1. The summed E-state index contributed by atoms with van der Waals surface area (Å²) in [5, 5.41) is 20.0. The Morgan fingerprint density at radius 3 is 2.17 bits per heavy atom. The molecule has 2 rings (SSSR count). The van der Waals surface area contributed by atoms with Crippen molar-refractivity contribution in [2.45, 2.75) is 70.0 Å². The van der Waals surface area contributed by atoms with E-state index < -0.39 is 48.2 Å². The Balaban J connectivity index is 0.00000242. The smallest absolute Gasteiger partial charge is 0.337 e. The fourth-order valence-corrected chi connectivity index (χ4v) is 2.46. The van der Waals surface area contributed by atoms with Crippen LogP contribution >= 0.6 is 0 Å². The van der Waals surface area contributed by atoms with Gasteiger partial charge in [-0.25, -0.2) is 4.79 Å². The van der Waals surface area contributed by atoms with Gasteiger partial charge in [-0.1, -0.05) is 0 Å². The fourth-order valence-electron chi connectivity index (χ4n) is 2.46. The molecular weight excluding hydrogens is 738 g/mol. The minimum absolute atomic E-state index is 0. The molecule has 2 heterocycles. The van der Waals surface area contributed by atoms with Crippen LogP contribution in [0.15, 0.2) is 0 Å². The Morgan fingerprint density at radius 2 is 1.70 bits per heavy atom. The number of aliphatic hydroxyl groups excluding tert-OH is 2. The minimum atomic E-state index is -1.47. The second kappa shape index (κ2) is 9.35. The summed E-state index contributed by atoms with van der Waals surface area (Å²) in [5.74, 6) is -2.24. The number of hydrogen-bond donors (Lipinski definition) is 2. The molecule has 2 saturated heterocycles. The predicted octanol–water partition coefficient (Wildman–Crippen LogP) is -0.490. The topological polar surface area (TPSA) is 104 Å². The molecule has 2 radical (unpaired) electrons. The molecule has 0 aliphatic carbocycles. The molecule has 2 fully saturated rings. The van der Waals surface area contributed by atoms with E-state index in [2.05, 4.69) is 4.74 Å². The van der Waals surface area contributed by atoms with E-state index >= 15 is 0 Å². The van der Waals surface area contributed by atoms with Crippen LogP contribution in [0.5, 0.6) is 0 Å². The molecule has 6 unspecified atom stereocenters. The van der Waals surface area contributed by atoms with Crippen molar-refractivity contribution in [3.63, 3.8) is 0 Å². The van der Waals surface area contributed by atoms with Crippen molar-refractivity contribution in [1.82, 2.24) is 0 Å². The summed E-state index contributed by atoms with van der Waals surface area (Å²) in [6.45, 7) is 6.98. The van der Waals surface area contributed by atoms with Crippen LogP contribution in [0.2, 0.25) is 0 Å². The number of fused-ring (bicyclic) bond motifs is 1. The number of ether oxygens (including phenoxy) is 5. The first-order chi connectivity index (χ1) is 9.56. The van der Waals surface area contributed by atoms with Crippen molar-refractivity contribution >= 4 is 5.97 Å². The molecule has 2 aliphatic heterocycles. The van der Waals surface area contributed by atoms with Crippen molar-refractivity contribution in [3.05, 3.63) is 0 Å². The van der Waals surface area contributed by atoms with Crippen LogP contribution in [0.25, 0.3) is 0 Å². The van der Waals surface area contributed by atoms with Crippen molar-refractivity contribution in [2.24, 2.45) is 0 Å². The summed E-state index contributed by atoms with van der Waals surface area (Å²) < 4.78 is 26.6. The van der Waals surface area contributed by atoms with E-state index in [1.54, 1.807) is 0 Å². The van der Waals surface area contributed by atoms with Gasteiger partial charge in [0.2, 0.25) is 0 Å². The molecular formula is C13H22Ac2O8. The first kappa shape index (κ1) is 25.1. The van der Waals surface area contributed by atoms with Gasteiger partial charge in [0.25, 0.3) is 5.97 Å². The van der Waals surface area contributed by atoms with E-state index in [0.29, 0.717) is 0 Å². The molecule has 0 amide bonds. The number of carbonyl (C=O) groups excluding carboxylic acids is 1. The van der Waals surface area contributed by atoms with Crippen LogP contribution < -0.4 is 0 Å². The summed E-state index contributed by atoms with van der Waals surface area (Å²) in [7, 11) is 1.16. The van der Waals surface area contributed by atoms with E-state index in [-0.39, 0.29) is 88.1 Å².